The maximum absolute atomic E-state index is 12.9. The molecule has 3 heterocycles. The summed E-state index contributed by atoms with van der Waals surface area (Å²) in [6.07, 6.45) is 13.6. The van der Waals surface area contributed by atoms with Crippen LogP contribution in [0.2, 0.25) is 0 Å². The van der Waals surface area contributed by atoms with E-state index in [1.807, 2.05) is 24.3 Å². The molecule has 3 aliphatic heterocycles. The molecule has 0 fully saturated rings. The minimum atomic E-state index is -3.52. The molecular formula is C21H20N5O2S+. The highest BCUT2D eigenvalue weighted by molar-refractivity contribution is 7.89. The molecular weight excluding hydrogens is 386 g/mol. The molecule has 0 amide bonds. The van der Waals surface area contributed by atoms with Crippen molar-refractivity contribution in [2.75, 3.05) is 13.1 Å². The molecule has 0 saturated carbocycles. The lowest BCUT2D eigenvalue weighted by Gasteiger charge is -2.30. The van der Waals surface area contributed by atoms with Crippen LogP contribution in [-0.4, -0.2) is 42.5 Å². The van der Waals surface area contributed by atoms with Crippen molar-refractivity contribution in [1.29, 1.82) is 0 Å². The van der Waals surface area contributed by atoms with Crippen molar-refractivity contribution in [3.8, 4) is 0 Å². The number of rotatable bonds is 4. The Balaban J connectivity index is 1.45. The summed E-state index contributed by atoms with van der Waals surface area (Å²) in [5, 5.41) is 0. The van der Waals surface area contributed by atoms with Gasteiger partial charge in [-0.3, -0.25) is 4.99 Å². The third-order valence-corrected chi connectivity index (χ3v) is 7.34. The molecule has 1 aromatic carbocycles. The molecule has 2 N–H and O–H groups in total. The highest BCUT2D eigenvalue weighted by Crippen LogP contribution is 2.37. The van der Waals surface area contributed by atoms with Gasteiger partial charge in [0.2, 0.25) is 15.7 Å². The molecule has 0 radical (unpaired) electrons. The van der Waals surface area contributed by atoms with E-state index in [9.17, 15) is 8.42 Å². The van der Waals surface area contributed by atoms with Crippen LogP contribution in [0, 0.1) is 0 Å². The van der Waals surface area contributed by atoms with Crippen LogP contribution < -0.4 is 5.84 Å². The summed E-state index contributed by atoms with van der Waals surface area (Å²) in [6.45, 7) is 0.670. The Morgan fingerprint density at radius 3 is 2.62 bits per heavy atom. The van der Waals surface area contributed by atoms with Gasteiger partial charge in [-0.05, 0) is 18.6 Å². The molecule has 1 unspecified atom stereocenters. The lowest BCUT2D eigenvalue weighted by atomic mass is 10.0. The molecule has 1 atom stereocenters. The van der Waals surface area contributed by atoms with Crippen molar-refractivity contribution < 1.29 is 13.0 Å². The minimum Gasteiger partial charge on any atom is -0.253 e. The highest BCUT2D eigenvalue weighted by Gasteiger charge is 2.46. The SMILES string of the molecule is N[N+]12C=CN=CC1=C(C1=CC=C1)N=C2C1=CCN(S(=O)(=O)c2ccccc2)CC1. The van der Waals surface area contributed by atoms with E-state index >= 15 is 0 Å². The number of nitrogens with two attached hydrogens (primary N) is 1. The minimum absolute atomic E-state index is 0.0404. The fraction of sp³-hybridized carbons (Fsp3) is 0.143. The van der Waals surface area contributed by atoms with Crippen molar-refractivity contribution in [2.45, 2.75) is 11.3 Å². The summed E-state index contributed by atoms with van der Waals surface area (Å²) in [6, 6.07) is 8.51. The number of nitrogens with zero attached hydrogens (tertiary/aromatic N) is 4. The predicted octanol–water partition coefficient (Wildman–Crippen LogP) is 2.37. The Morgan fingerprint density at radius 1 is 1.17 bits per heavy atom. The fourth-order valence-electron chi connectivity index (χ4n) is 3.79. The van der Waals surface area contributed by atoms with Crippen LogP contribution in [0.5, 0.6) is 0 Å². The van der Waals surface area contributed by atoms with Crippen LogP contribution >= 0.6 is 0 Å². The summed E-state index contributed by atoms with van der Waals surface area (Å²) >= 11 is 0. The van der Waals surface area contributed by atoms with Crippen LogP contribution in [-0.2, 0) is 10.0 Å². The number of benzene rings is 1. The molecule has 146 valence electrons. The molecule has 7 nitrogen and oxygen atoms in total. The third-order valence-electron chi connectivity index (χ3n) is 5.46. The smallest absolute Gasteiger partial charge is 0.253 e. The van der Waals surface area contributed by atoms with E-state index in [4.69, 9.17) is 10.8 Å². The first-order chi connectivity index (χ1) is 14.0. The van der Waals surface area contributed by atoms with Gasteiger partial charge in [0.05, 0.1) is 17.3 Å². The average Bonchev–Trinajstić information content (AvgIpc) is 3.00. The standard InChI is InChI=1S/C21H20N5O2S/c22-26-14-11-23-15-19(26)20(16-5-4-6-16)24-21(26)17-9-12-25(13-10-17)29(27,28)18-7-2-1-3-8-18/h1-9,11,14-15H,10,12-13,22H2/q+1. The maximum atomic E-state index is 12.9. The number of sulfonamides is 1. The zero-order chi connectivity index (χ0) is 20.1. The van der Waals surface area contributed by atoms with Gasteiger partial charge in [0, 0.05) is 24.2 Å². The van der Waals surface area contributed by atoms with E-state index in [2.05, 4.69) is 4.99 Å². The Labute approximate surface area is 169 Å². The molecule has 0 bridgehead atoms. The van der Waals surface area contributed by atoms with E-state index in [0.717, 1.165) is 28.4 Å². The van der Waals surface area contributed by atoms with Crippen molar-refractivity contribution >= 4 is 22.1 Å². The quantitative estimate of drug-likeness (QED) is 0.615. The Morgan fingerprint density at radius 2 is 1.97 bits per heavy atom. The van der Waals surface area contributed by atoms with Gasteiger partial charge in [0.25, 0.3) is 5.84 Å². The van der Waals surface area contributed by atoms with Gasteiger partial charge in [0.1, 0.15) is 11.9 Å². The van der Waals surface area contributed by atoms with Gasteiger partial charge in [-0.2, -0.15) is 15.1 Å². The fourth-order valence-corrected chi connectivity index (χ4v) is 5.19. The van der Waals surface area contributed by atoms with Crippen molar-refractivity contribution in [3.63, 3.8) is 0 Å². The molecule has 0 aromatic heterocycles. The zero-order valence-electron chi connectivity index (χ0n) is 15.6. The number of amidine groups is 1. The molecule has 8 heteroatoms. The molecule has 29 heavy (non-hydrogen) atoms. The van der Waals surface area contributed by atoms with Crippen LogP contribution in [0.25, 0.3) is 0 Å². The van der Waals surface area contributed by atoms with E-state index in [1.54, 1.807) is 48.9 Å². The average molecular weight is 406 g/mol. The zero-order valence-corrected chi connectivity index (χ0v) is 16.5. The molecule has 1 aromatic rings. The molecule has 1 aliphatic carbocycles. The number of hydrogen-bond acceptors (Lipinski definition) is 5. The monoisotopic (exact) mass is 406 g/mol. The Kier molecular flexibility index (Phi) is 4.11. The number of fused-ring (bicyclic) bond motifs is 1. The van der Waals surface area contributed by atoms with Crippen LogP contribution in [0.15, 0.2) is 104 Å². The number of aliphatic imine (C=N–C) groups is 2. The number of allylic oxidation sites excluding steroid dienone is 4. The molecule has 5 rings (SSSR count). The van der Waals surface area contributed by atoms with Gasteiger partial charge in [0.15, 0.2) is 0 Å². The van der Waals surface area contributed by atoms with Crippen molar-refractivity contribution in [1.82, 2.24) is 4.31 Å². The summed E-state index contributed by atoms with van der Waals surface area (Å²) in [5.41, 5.74) is 3.62. The highest BCUT2D eigenvalue weighted by atomic mass is 32.2. The first-order valence-electron chi connectivity index (χ1n) is 9.36. The van der Waals surface area contributed by atoms with Crippen LogP contribution in [0.3, 0.4) is 0 Å². The molecule has 4 aliphatic rings. The largest absolute Gasteiger partial charge is 0.260 e. The lowest BCUT2D eigenvalue weighted by molar-refractivity contribution is -0.750. The normalized spacial score (nSPS) is 26.0. The van der Waals surface area contributed by atoms with Crippen molar-refractivity contribution in [2.24, 2.45) is 15.8 Å². The van der Waals surface area contributed by atoms with E-state index < -0.39 is 10.0 Å². The van der Waals surface area contributed by atoms with Crippen LogP contribution in [0.1, 0.15) is 6.42 Å². The second-order valence-electron chi connectivity index (χ2n) is 7.16. The second kappa shape index (κ2) is 6.57. The molecule has 0 spiro atoms. The summed E-state index contributed by atoms with van der Waals surface area (Å²) in [4.78, 5) is 9.37. The Hall–Kier alpha value is -2.91. The summed E-state index contributed by atoms with van der Waals surface area (Å²) in [7, 11) is -3.52. The van der Waals surface area contributed by atoms with Crippen LogP contribution in [0.4, 0.5) is 0 Å². The van der Waals surface area contributed by atoms with E-state index in [0.29, 0.717) is 17.9 Å². The summed E-state index contributed by atoms with van der Waals surface area (Å²) in [5.74, 6) is 7.42. The van der Waals surface area contributed by atoms with E-state index in [1.165, 1.54) is 4.31 Å². The van der Waals surface area contributed by atoms with Crippen molar-refractivity contribution in [3.05, 3.63) is 89.6 Å². The van der Waals surface area contributed by atoms with Gasteiger partial charge in [-0.1, -0.05) is 42.5 Å². The van der Waals surface area contributed by atoms with E-state index in [-0.39, 0.29) is 11.1 Å². The van der Waals surface area contributed by atoms with Gasteiger partial charge < -0.3 is 0 Å². The summed E-state index contributed by atoms with van der Waals surface area (Å²) < 4.78 is 27.2. The first kappa shape index (κ1) is 18.1. The number of quaternary nitrogens is 1. The molecule has 0 saturated heterocycles. The number of hydrogen-bond donors (Lipinski definition) is 1. The Bertz CT molecular complexity index is 1200. The third kappa shape index (κ3) is 2.80. The maximum Gasteiger partial charge on any atom is 0.260 e. The van der Waals surface area contributed by atoms with Gasteiger partial charge in [-0.15, -0.1) is 4.59 Å². The lowest BCUT2D eigenvalue weighted by Crippen LogP contribution is -2.54. The topological polar surface area (TPSA) is 88.1 Å². The predicted molar refractivity (Wildman–Crippen MR) is 112 cm³/mol. The van der Waals surface area contributed by atoms with Gasteiger partial charge >= 0.3 is 0 Å². The second-order valence-corrected chi connectivity index (χ2v) is 9.10. The van der Waals surface area contributed by atoms with Gasteiger partial charge in [-0.25, -0.2) is 8.42 Å². The first-order valence-corrected chi connectivity index (χ1v) is 10.8.